The molecule has 3 N–H and O–H groups in total. The number of carbonyl (C=O) groups is 1. The van der Waals surface area contributed by atoms with E-state index in [1.54, 1.807) is 43.5 Å². The van der Waals surface area contributed by atoms with E-state index in [1.165, 1.54) is 12.3 Å². The van der Waals surface area contributed by atoms with Gasteiger partial charge in [-0.2, -0.15) is 0 Å². The van der Waals surface area contributed by atoms with E-state index < -0.39 is 0 Å². The second-order valence-corrected chi connectivity index (χ2v) is 3.79. The summed E-state index contributed by atoms with van der Waals surface area (Å²) in [6.45, 7) is 0. The van der Waals surface area contributed by atoms with Gasteiger partial charge < -0.3 is 20.2 Å². The smallest absolute Gasteiger partial charge is 0.248 e. The van der Waals surface area contributed by atoms with Crippen LogP contribution in [0.4, 0.5) is 11.4 Å². The number of nitrogens with two attached hydrogens (primary N) is 1. The number of ether oxygens (including phenoxy) is 1. The average molecular weight is 258 g/mol. The van der Waals surface area contributed by atoms with Gasteiger partial charge in [0.15, 0.2) is 0 Å². The summed E-state index contributed by atoms with van der Waals surface area (Å²) in [4.78, 5) is 11.7. The number of hydrogen-bond donors (Lipinski definition) is 2. The summed E-state index contributed by atoms with van der Waals surface area (Å²) in [6, 6.07) is 8.56. The molecular weight excluding hydrogens is 244 g/mol. The third-order valence-corrected chi connectivity index (χ3v) is 2.46. The summed E-state index contributed by atoms with van der Waals surface area (Å²) in [6.07, 6.45) is 4.49. The molecule has 1 heterocycles. The van der Waals surface area contributed by atoms with Crippen LogP contribution in [-0.4, -0.2) is 13.0 Å². The fraction of sp³-hybridized carbons (Fsp3) is 0.0714. The monoisotopic (exact) mass is 258 g/mol. The normalized spacial score (nSPS) is 10.6. The van der Waals surface area contributed by atoms with Crippen molar-refractivity contribution in [1.82, 2.24) is 0 Å². The number of hydrogen-bond acceptors (Lipinski definition) is 4. The Morgan fingerprint density at radius 3 is 2.95 bits per heavy atom. The Balaban J connectivity index is 2.06. The van der Waals surface area contributed by atoms with Gasteiger partial charge in [0.1, 0.15) is 11.5 Å². The third-order valence-electron chi connectivity index (χ3n) is 2.46. The highest BCUT2D eigenvalue weighted by Gasteiger charge is 2.04. The van der Waals surface area contributed by atoms with Crippen molar-refractivity contribution in [3.63, 3.8) is 0 Å². The van der Waals surface area contributed by atoms with Crippen LogP contribution in [0.3, 0.4) is 0 Å². The molecule has 0 aliphatic rings. The quantitative estimate of drug-likeness (QED) is 0.652. The van der Waals surface area contributed by atoms with E-state index in [-0.39, 0.29) is 5.91 Å². The molecule has 0 saturated carbocycles. The number of nitrogen functional groups attached to an aromatic ring is 1. The van der Waals surface area contributed by atoms with Gasteiger partial charge in [-0.3, -0.25) is 4.79 Å². The lowest BCUT2D eigenvalue weighted by molar-refractivity contribution is -0.111. The lowest BCUT2D eigenvalue weighted by Gasteiger charge is -2.08. The van der Waals surface area contributed by atoms with Crippen LogP contribution in [0.1, 0.15) is 5.76 Å². The maximum atomic E-state index is 11.7. The lowest BCUT2D eigenvalue weighted by Crippen LogP contribution is -2.09. The van der Waals surface area contributed by atoms with Crippen LogP contribution in [0.15, 0.2) is 47.1 Å². The van der Waals surface area contributed by atoms with Crippen molar-refractivity contribution in [3.8, 4) is 5.75 Å². The van der Waals surface area contributed by atoms with Crippen molar-refractivity contribution < 1.29 is 13.9 Å². The molecule has 1 aromatic heterocycles. The largest absolute Gasteiger partial charge is 0.497 e. The SMILES string of the molecule is COc1ccc(N)c(NC(=O)/C=C/c2ccco2)c1. The Bertz CT molecular complexity index is 589. The zero-order valence-electron chi connectivity index (χ0n) is 10.4. The zero-order chi connectivity index (χ0) is 13.7. The summed E-state index contributed by atoms with van der Waals surface area (Å²) in [5, 5.41) is 2.67. The van der Waals surface area contributed by atoms with Gasteiger partial charge in [-0.1, -0.05) is 0 Å². The van der Waals surface area contributed by atoms with Gasteiger partial charge >= 0.3 is 0 Å². The van der Waals surface area contributed by atoms with Crippen LogP contribution in [0, 0.1) is 0 Å². The summed E-state index contributed by atoms with van der Waals surface area (Å²) in [5.74, 6) is 0.935. The van der Waals surface area contributed by atoms with Gasteiger partial charge in [-0.05, 0) is 30.3 Å². The fourth-order valence-corrected chi connectivity index (χ4v) is 1.49. The van der Waals surface area contributed by atoms with Crippen molar-refractivity contribution in [2.45, 2.75) is 0 Å². The Hall–Kier alpha value is -2.69. The van der Waals surface area contributed by atoms with Crippen LogP contribution in [-0.2, 0) is 4.79 Å². The first kappa shape index (κ1) is 12.8. The van der Waals surface area contributed by atoms with Crippen LogP contribution in [0.25, 0.3) is 6.08 Å². The minimum absolute atomic E-state index is 0.295. The summed E-state index contributed by atoms with van der Waals surface area (Å²) < 4.78 is 10.2. The van der Waals surface area contributed by atoms with E-state index in [1.807, 2.05) is 0 Å². The maximum absolute atomic E-state index is 11.7. The third kappa shape index (κ3) is 3.38. The molecule has 0 spiro atoms. The molecule has 0 atom stereocenters. The van der Waals surface area contributed by atoms with E-state index in [0.717, 1.165) is 0 Å². The van der Waals surface area contributed by atoms with E-state index in [2.05, 4.69) is 5.32 Å². The summed E-state index contributed by atoms with van der Waals surface area (Å²) in [7, 11) is 1.55. The topological polar surface area (TPSA) is 77.5 Å². The predicted octanol–water partition coefficient (Wildman–Crippen LogP) is 2.52. The number of carbonyl (C=O) groups excluding carboxylic acids is 1. The number of furan rings is 1. The van der Waals surface area contributed by atoms with Gasteiger partial charge in [-0.15, -0.1) is 0 Å². The van der Waals surface area contributed by atoms with Gasteiger partial charge in [0.05, 0.1) is 24.7 Å². The molecule has 19 heavy (non-hydrogen) atoms. The van der Waals surface area contributed by atoms with Crippen LogP contribution in [0.5, 0.6) is 5.75 Å². The Kier molecular flexibility index (Phi) is 3.87. The second kappa shape index (κ2) is 5.77. The van der Waals surface area contributed by atoms with E-state index in [0.29, 0.717) is 22.9 Å². The molecule has 0 unspecified atom stereocenters. The molecule has 0 aliphatic heterocycles. The molecule has 0 fully saturated rings. The number of methoxy groups -OCH3 is 1. The highest BCUT2D eigenvalue weighted by molar-refractivity contribution is 6.03. The van der Waals surface area contributed by atoms with Crippen molar-refractivity contribution >= 4 is 23.4 Å². The number of anilines is 2. The Morgan fingerprint density at radius 2 is 2.26 bits per heavy atom. The molecule has 0 radical (unpaired) electrons. The fourth-order valence-electron chi connectivity index (χ4n) is 1.49. The van der Waals surface area contributed by atoms with E-state index >= 15 is 0 Å². The molecule has 5 nitrogen and oxygen atoms in total. The number of nitrogens with one attached hydrogen (secondary N) is 1. The van der Waals surface area contributed by atoms with E-state index in [4.69, 9.17) is 14.9 Å². The molecule has 1 amide bonds. The molecule has 98 valence electrons. The van der Waals surface area contributed by atoms with Gasteiger partial charge in [0, 0.05) is 12.1 Å². The Morgan fingerprint density at radius 1 is 1.42 bits per heavy atom. The lowest BCUT2D eigenvalue weighted by atomic mass is 10.2. The molecule has 2 rings (SSSR count). The van der Waals surface area contributed by atoms with E-state index in [9.17, 15) is 4.79 Å². The minimum Gasteiger partial charge on any atom is -0.497 e. The molecule has 5 heteroatoms. The van der Waals surface area contributed by atoms with Crippen LogP contribution < -0.4 is 15.8 Å². The Labute approximate surface area is 110 Å². The van der Waals surface area contributed by atoms with Gasteiger partial charge in [0.2, 0.25) is 5.91 Å². The summed E-state index contributed by atoms with van der Waals surface area (Å²) in [5.41, 5.74) is 6.75. The number of benzene rings is 1. The highest BCUT2D eigenvalue weighted by Crippen LogP contribution is 2.24. The molecule has 0 aliphatic carbocycles. The minimum atomic E-state index is -0.295. The van der Waals surface area contributed by atoms with Crippen molar-refractivity contribution in [3.05, 3.63) is 48.4 Å². The van der Waals surface area contributed by atoms with Crippen molar-refractivity contribution in [2.24, 2.45) is 0 Å². The average Bonchev–Trinajstić information content (AvgIpc) is 2.92. The molecule has 0 bridgehead atoms. The highest BCUT2D eigenvalue weighted by atomic mass is 16.5. The zero-order valence-corrected chi connectivity index (χ0v) is 10.4. The number of rotatable bonds is 4. The van der Waals surface area contributed by atoms with Crippen molar-refractivity contribution in [1.29, 1.82) is 0 Å². The molecule has 2 aromatic rings. The van der Waals surface area contributed by atoms with Crippen molar-refractivity contribution in [2.75, 3.05) is 18.2 Å². The number of amides is 1. The molecule has 1 aromatic carbocycles. The first-order valence-corrected chi connectivity index (χ1v) is 5.65. The predicted molar refractivity (Wildman–Crippen MR) is 73.8 cm³/mol. The second-order valence-electron chi connectivity index (χ2n) is 3.79. The first-order valence-electron chi connectivity index (χ1n) is 5.65. The van der Waals surface area contributed by atoms with Crippen LogP contribution >= 0.6 is 0 Å². The molecular formula is C14H14N2O3. The molecule has 0 saturated heterocycles. The first-order chi connectivity index (χ1) is 9.19. The maximum Gasteiger partial charge on any atom is 0.248 e. The van der Waals surface area contributed by atoms with Gasteiger partial charge in [0.25, 0.3) is 0 Å². The van der Waals surface area contributed by atoms with Gasteiger partial charge in [-0.25, -0.2) is 0 Å². The summed E-state index contributed by atoms with van der Waals surface area (Å²) >= 11 is 0. The standard InChI is InChI=1S/C14H14N2O3/c1-18-11-4-6-12(15)13(9-11)16-14(17)7-5-10-3-2-8-19-10/h2-9H,15H2,1H3,(H,16,17)/b7-5+. The van der Waals surface area contributed by atoms with Crippen LogP contribution in [0.2, 0.25) is 0 Å².